The smallest absolute Gasteiger partial charge is 0.309 e. The molecule has 8 heteroatoms. The third-order valence-corrected chi connectivity index (χ3v) is 3.66. The lowest BCUT2D eigenvalue weighted by Gasteiger charge is -2.06. The fourth-order valence-electron chi connectivity index (χ4n) is 1.52. The molecule has 0 radical (unpaired) electrons. The van der Waals surface area contributed by atoms with Gasteiger partial charge in [0, 0.05) is 13.1 Å². The van der Waals surface area contributed by atoms with Crippen LogP contribution in [0.3, 0.4) is 0 Å². The van der Waals surface area contributed by atoms with Gasteiger partial charge in [-0.25, -0.2) is 13.6 Å². The Kier molecular flexibility index (Phi) is 6.32. The van der Waals surface area contributed by atoms with Gasteiger partial charge in [0.1, 0.15) is 0 Å². The van der Waals surface area contributed by atoms with E-state index in [4.69, 9.17) is 5.14 Å². The van der Waals surface area contributed by atoms with Crippen molar-refractivity contribution in [1.82, 2.24) is 10.6 Å². The summed E-state index contributed by atoms with van der Waals surface area (Å²) in [6.07, 6.45) is 1.74. The maximum atomic E-state index is 11.5. The maximum absolute atomic E-state index is 11.5. The van der Waals surface area contributed by atoms with Crippen LogP contribution in [0.25, 0.3) is 0 Å². The number of amides is 2. The Morgan fingerprint density at radius 1 is 1.10 bits per heavy atom. The standard InChI is InChI=1S/C13H19N3O4S/c1-2-3-8-15-12(17)13(18)16-9-10-4-6-11(7-5-10)21(14,19)20/h4-7H,2-3,8-9H2,1H3,(H,15,17)(H,16,18)(H2,14,19,20). The second kappa shape index (κ2) is 7.75. The van der Waals surface area contributed by atoms with Crippen molar-refractivity contribution in [3.05, 3.63) is 29.8 Å². The van der Waals surface area contributed by atoms with Crippen molar-refractivity contribution < 1.29 is 18.0 Å². The van der Waals surface area contributed by atoms with Crippen LogP contribution in [0.1, 0.15) is 25.3 Å². The van der Waals surface area contributed by atoms with Crippen LogP contribution in [-0.4, -0.2) is 26.8 Å². The van der Waals surface area contributed by atoms with Crippen molar-refractivity contribution in [2.75, 3.05) is 6.54 Å². The number of nitrogens with two attached hydrogens (primary N) is 1. The number of primary sulfonamides is 1. The van der Waals surface area contributed by atoms with Crippen LogP contribution in [0.2, 0.25) is 0 Å². The summed E-state index contributed by atoms with van der Waals surface area (Å²) in [4.78, 5) is 22.9. The number of carbonyl (C=O) groups is 2. The molecule has 1 aromatic rings. The van der Waals surface area contributed by atoms with Gasteiger partial charge in [-0.2, -0.15) is 0 Å². The molecule has 2 amide bonds. The number of unbranched alkanes of at least 4 members (excludes halogenated alkanes) is 1. The lowest BCUT2D eigenvalue weighted by molar-refractivity contribution is -0.139. The molecule has 0 aliphatic carbocycles. The van der Waals surface area contributed by atoms with Gasteiger partial charge in [-0.05, 0) is 24.1 Å². The molecule has 0 spiro atoms. The van der Waals surface area contributed by atoms with E-state index in [1.165, 1.54) is 24.3 Å². The van der Waals surface area contributed by atoms with Crippen molar-refractivity contribution in [2.45, 2.75) is 31.2 Å². The topological polar surface area (TPSA) is 118 Å². The molecule has 0 unspecified atom stereocenters. The highest BCUT2D eigenvalue weighted by Crippen LogP contribution is 2.08. The number of hydrogen-bond donors (Lipinski definition) is 3. The Balaban J connectivity index is 2.48. The summed E-state index contributed by atoms with van der Waals surface area (Å²) >= 11 is 0. The van der Waals surface area contributed by atoms with Gasteiger partial charge >= 0.3 is 11.8 Å². The maximum Gasteiger partial charge on any atom is 0.309 e. The minimum atomic E-state index is -3.73. The van der Waals surface area contributed by atoms with Gasteiger partial charge in [-0.15, -0.1) is 0 Å². The van der Waals surface area contributed by atoms with Crippen molar-refractivity contribution >= 4 is 21.8 Å². The highest BCUT2D eigenvalue weighted by molar-refractivity contribution is 7.89. The Morgan fingerprint density at radius 2 is 1.67 bits per heavy atom. The molecule has 1 rings (SSSR count). The number of hydrogen-bond acceptors (Lipinski definition) is 4. The first-order valence-electron chi connectivity index (χ1n) is 6.52. The van der Waals surface area contributed by atoms with E-state index in [1.807, 2.05) is 6.92 Å². The van der Waals surface area contributed by atoms with Crippen molar-refractivity contribution in [1.29, 1.82) is 0 Å². The summed E-state index contributed by atoms with van der Waals surface area (Å²) in [5.41, 5.74) is 0.664. The number of sulfonamides is 1. The number of rotatable bonds is 6. The summed E-state index contributed by atoms with van der Waals surface area (Å²) in [7, 11) is -3.73. The monoisotopic (exact) mass is 313 g/mol. The van der Waals surface area contributed by atoms with Gasteiger partial charge in [-0.3, -0.25) is 9.59 Å². The Hall–Kier alpha value is -1.93. The molecule has 7 nitrogen and oxygen atoms in total. The van der Waals surface area contributed by atoms with Crippen molar-refractivity contribution in [3.8, 4) is 0 Å². The lowest BCUT2D eigenvalue weighted by atomic mass is 10.2. The molecule has 0 heterocycles. The summed E-state index contributed by atoms with van der Waals surface area (Å²) in [5.74, 6) is -1.40. The zero-order valence-corrected chi connectivity index (χ0v) is 12.6. The van der Waals surface area contributed by atoms with E-state index in [0.29, 0.717) is 12.1 Å². The van der Waals surface area contributed by atoms with E-state index >= 15 is 0 Å². The van der Waals surface area contributed by atoms with Gasteiger partial charge in [-0.1, -0.05) is 25.5 Å². The van der Waals surface area contributed by atoms with E-state index in [0.717, 1.165) is 12.8 Å². The molecular formula is C13H19N3O4S. The van der Waals surface area contributed by atoms with Crippen LogP contribution < -0.4 is 15.8 Å². The molecule has 0 saturated heterocycles. The van der Waals surface area contributed by atoms with Crippen molar-refractivity contribution in [2.24, 2.45) is 5.14 Å². The summed E-state index contributed by atoms with van der Waals surface area (Å²) in [5, 5.41) is 9.93. The molecule has 0 aliphatic heterocycles. The second-order valence-corrected chi connectivity index (χ2v) is 6.04. The molecule has 0 aliphatic rings. The molecule has 0 atom stereocenters. The predicted octanol–water partition coefficient (Wildman–Crippen LogP) is -0.133. The SMILES string of the molecule is CCCCNC(=O)C(=O)NCc1ccc(S(N)(=O)=O)cc1. The molecule has 1 aromatic carbocycles. The summed E-state index contributed by atoms with van der Waals surface area (Å²) in [6, 6.07) is 5.74. The summed E-state index contributed by atoms with van der Waals surface area (Å²) in [6.45, 7) is 2.58. The van der Waals surface area contributed by atoms with E-state index in [1.54, 1.807) is 0 Å². The minimum Gasteiger partial charge on any atom is -0.348 e. The first-order valence-corrected chi connectivity index (χ1v) is 8.07. The van der Waals surface area contributed by atoms with Crippen LogP contribution in [0.15, 0.2) is 29.2 Å². The molecule has 116 valence electrons. The van der Waals surface area contributed by atoms with Crippen LogP contribution in [0.5, 0.6) is 0 Å². The predicted molar refractivity (Wildman–Crippen MR) is 77.6 cm³/mol. The zero-order valence-electron chi connectivity index (χ0n) is 11.8. The molecule has 0 aromatic heterocycles. The first kappa shape index (κ1) is 17.1. The Bertz CT molecular complexity index is 596. The number of benzene rings is 1. The highest BCUT2D eigenvalue weighted by Gasteiger charge is 2.12. The average Bonchev–Trinajstić information content (AvgIpc) is 2.44. The average molecular weight is 313 g/mol. The highest BCUT2D eigenvalue weighted by atomic mass is 32.2. The van der Waals surface area contributed by atoms with Crippen molar-refractivity contribution in [3.63, 3.8) is 0 Å². The molecule has 21 heavy (non-hydrogen) atoms. The molecule has 0 saturated carbocycles. The normalized spacial score (nSPS) is 11.0. The van der Waals surface area contributed by atoms with E-state index in [2.05, 4.69) is 10.6 Å². The molecule has 0 fully saturated rings. The third kappa shape index (κ3) is 5.92. The van der Waals surface area contributed by atoms with Crippen LogP contribution >= 0.6 is 0 Å². The van der Waals surface area contributed by atoms with E-state index in [9.17, 15) is 18.0 Å². The van der Waals surface area contributed by atoms with Gasteiger partial charge in [0.25, 0.3) is 0 Å². The van der Waals surface area contributed by atoms with E-state index < -0.39 is 21.8 Å². The lowest BCUT2D eigenvalue weighted by Crippen LogP contribution is -2.39. The van der Waals surface area contributed by atoms with Gasteiger partial charge in [0.2, 0.25) is 10.0 Å². The van der Waals surface area contributed by atoms with Crippen LogP contribution in [-0.2, 0) is 26.2 Å². The second-order valence-electron chi connectivity index (χ2n) is 4.48. The molecule has 0 bridgehead atoms. The van der Waals surface area contributed by atoms with Gasteiger partial charge in [0.05, 0.1) is 4.90 Å². The molecular weight excluding hydrogens is 294 g/mol. The zero-order chi connectivity index (χ0) is 15.9. The van der Waals surface area contributed by atoms with E-state index in [-0.39, 0.29) is 11.4 Å². The number of carbonyl (C=O) groups excluding carboxylic acids is 2. The Morgan fingerprint density at radius 3 is 2.19 bits per heavy atom. The largest absolute Gasteiger partial charge is 0.348 e. The fourth-order valence-corrected chi connectivity index (χ4v) is 2.03. The van der Waals surface area contributed by atoms with Gasteiger partial charge in [0.15, 0.2) is 0 Å². The van der Waals surface area contributed by atoms with Crippen LogP contribution in [0.4, 0.5) is 0 Å². The summed E-state index contributed by atoms with van der Waals surface area (Å²) < 4.78 is 22.2. The number of nitrogens with one attached hydrogen (secondary N) is 2. The molecule has 4 N–H and O–H groups in total. The quantitative estimate of drug-likeness (QED) is 0.500. The Labute approximate surface area is 124 Å². The van der Waals surface area contributed by atoms with Gasteiger partial charge < -0.3 is 10.6 Å². The fraction of sp³-hybridized carbons (Fsp3) is 0.385. The minimum absolute atomic E-state index is 0.00474. The first-order chi connectivity index (χ1) is 9.84. The third-order valence-electron chi connectivity index (χ3n) is 2.73. The van der Waals surface area contributed by atoms with Crippen LogP contribution in [0, 0.1) is 0 Å².